The Morgan fingerprint density at radius 1 is 0.697 bits per heavy atom. The number of anilines is 2. The van der Waals surface area contributed by atoms with E-state index in [0.29, 0.717) is 18.7 Å². The fourth-order valence-electron chi connectivity index (χ4n) is 5.00. The molecule has 0 spiro atoms. The van der Waals surface area contributed by atoms with Crippen molar-refractivity contribution >= 4 is 18.8 Å². The van der Waals surface area contributed by atoms with E-state index in [0.717, 1.165) is 37.6 Å². The van der Waals surface area contributed by atoms with Gasteiger partial charge in [0.05, 0.1) is 0 Å². The van der Waals surface area contributed by atoms with Crippen molar-refractivity contribution in [3.63, 3.8) is 0 Å². The first-order chi connectivity index (χ1) is 16.1. The van der Waals surface area contributed by atoms with Crippen molar-refractivity contribution in [2.75, 3.05) is 55.7 Å². The molecule has 2 aliphatic rings. The molecule has 7 heteroatoms. The van der Waals surface area contributed by atoms with Crippen LogP contribution in [0.2, 0.25) is 0 Å². The third kappa shape index (κ3) is 4.08. The first-order valence-electron chi connectivity index (χ1n) is 11.5. The SMILES string of the molecule is CN1CCN(C(c2ccccc2F)P2(=O)N(c3ccccc3)CCN2c2ccccc2)CC1. The molecule has 0 amide bonds. The van der Waals surface area contributed by atoms with Crippen LogP contribution in [-0.2, 0) is 4.57 Å². The lowest BCUT2D eigenvalue weighted by Gasteiger charge is -2.45. The fraction of sp³-hybridized carbons (Fsp3) is 0.308. The number of nitrogens with zero attached hydrogens (tertiary/aromatic N) is 4. The number of rotatable bonds is 5. The monoisotopic (exact) mass is 464 g/mol. The van der Waals surface area contributed by atoms with Gasteiger partial charge in [-0.15, -0.1) is 0 Å². The Kier molecular flexibility index (Phi) is 6.24. The summed E-state index contributed by atoms with van der Waals surface area (Å²) in [6, 6.07) is 26.7. The van der Waals surface area contributed by atoms with E-state index in [4.69, 9.17) is 0 Å². The summed E-state index contributed by atoms with van der Waals surface area (Å²) in [5.74, 6) is -0.875. The molecule has 0 radical (unpaired) electrons. The molecule has 33 heavy (non-hydrogen) atoms. The van der Waals surface area contributed by atoms with Crippen molar-refractivity contribution in [1.29, 1.82) is 0 Å². The highest BCUT2D eigenvalue weighted by atomic mass is 31.2. The number of hydrogen-bond donors (Lipinski definition) is 0. The Bertz CT molecular complexity index is 1070. The van der Waals surface area contributed by atoms with Gasteiger partial charge in [0.1, 0.15) is 11.6 Å². The van der Waals surface area contributed by atoms with Gasteiger partial charge in [0.25, 0.3) is 7.44 Å². The second kappa shape index (κ2) is 9.30. The number of piperazine rings is 1. The maximum atomic E-state index is 15.5. The second-order valence-corrected chi connectivity index (χ2v) is 11.4. The van der Waals surface area contributed by atoms with Gasteiger partial charge in [0.15, 0.2) is 0 Å². The molecule has 3 aromatic rings. The van der Waals surface area contributed by atoms with Gasteiger partial charge < -0.3 is 14.2 Å². The Labute approximate surface area is 195 Å². The molecular weight excluding hydrogens is 434 g/mol. The second-order valence-electron chi connectivity index (χ2n) is 8.74. The average molecular weight is 465 g/mol. The molecule has 0 saturated carbocycles. The zero-order chi connectivity index (χ0) is 22.8. The zero-order valence-electron chi connectivity index (χ0n) is 18.9. The third-order valence-electron chi connectivity index (χ3n) is 6.71. The normalized spacial score (nSPS) is 20.2. The standard InChI is InChI=1S/C26H30FN4OP/c1-28-16-18-29(19-17-28)26(24-14-8-9-15-25(24)27)33(32)30(22-10-4-2-5-11-22)20-21-31(33)23-12-6-3-7-13-23/h2-15,26H,16-21H2,1H3. The van der Waals surface area contributed by atoms with Crippen LogP contribution in [0.4, 0.5) is 15.8 Å². The van der Waals surface area contributed by atoms with E-state index < -0.39 is 13.2 Å². The van der Waals surface area contributed by atoms with E-state index in [1.807, 2.05) is 82.1 Å². The van der Waals surface area contributed by atoms with Crippen molar-refractivity contribution in [2.45, 2.75) is 5.78 Å². The highest BCUT2D eigenvalue weighted by Crippen LogP contribution is 2.70. The fourth-order valence-corrected chi connectivity index (χ4v) is 8.70. The van der Waals surface area contributed by atoms with Crippen molar-refractivity contribution in [3.05, 3.63) is 96.3 Å². The molecule has 2 fully saturated rings. The molecule has 1 unspecified atom stereocenters. The maximum Gasteiger partial charge on any atom is 0.284 e. The van der Waals surface area contributed by atoms with Crippen LogP contribution in [0.5, 0.6) is 0 Å². The number of halogens is 1. The summed E-state index contributed by atoms with van der Waals surface area (Å²) in [6.07, 6.45) is 0. The van der Waals surface area contributed by atoms with Crippen LogP contribution in [0.25, 0.3) is 0 Å². The smallest absolute Gasteiger partial charge is 0.284 e. The number of para-hydroxylation sites is 2. The van der Waals surface area contributed by atoms with E-state index in [1.165, 1.54) is 6.07 Å². The first-order valence-corrected chi connectivity index (χ1v) is 13.2. The Balaban J connectivity index is 1.69. The van der Waals surface area contributed by atoms with E-state index >= 15 is 8.96 Å². The van der Waals surface area contributed by atoms with Crippen LogP contribution in [0.1, 0.15) is 11.3 Å². The molecule has 2 heterocycles. The summed E-state index contributed by atoms with van der Waals surface area (Å²) in [7, 11) is -1.25. The van der Waals surface area contributed by atoms with Crippen LogP contribution in [0, 0.1) is 5.82 Å². The summed E-state index contributed by atoms with van der Waals surface area (Å²) in [5.41, 5.74) is 2.33. The lowest BCUT2D eigenvalue weighted by Crippen LogP contribution is -2.47. The van der Waals surface area contributed by atoms with E-state index in [9.17, 15) is 0 Å². The van der Waals surface area contributed by atoms with Crippen LogP contribution in [-0.4, -0.2) is 56.1 Å². The molecular formula is C26H30FN4OP. The number of likely N-dealkylation sites (N-methyl/N-ethyl adjacent to an activating group) is 1. The van der Waals surface area contributed by atoms with Gasteiger partial charge >= 0.3 is 0 Å². The molecule has 0 aromatic heterocycles. The predicted molar refractivity (Wildman–Crippen MR) is 133 cm³/mol. The van der Waals surface area contributed by atoms with Gasteiger partial charge in [0, 0.05) is 56.2 Å². The van der Waals surface area contributed by atoms with Gasteiger partial charge in [-0.2, -0.15) is 0 Å². The molecule has 0 bridgehead atoms. The van der Waals surface area contributed by atoms with Crippen LogP contribution < -0.4 is 9.34 Å². The molecule has 0 N–H and O–H groups in total. The Morgan fingerprint density at radius 3 is 1.70 bits per heavy atom. The average Bonchev–Trinajstić information content (AvgIpc) is 3.20. The van der Waals surface area contributed by atoms with Crippen molar-refractivity contribution in [3.8, 4) is 0 Å². The third-order valence-corrected chi connectivity index (χ3v) is 10.2. The molecule has 1 atom stereocenters. The highest BCUT2D eigenvalue weighted by Gasteiger charge is 2.53. The van der Waals surface area contributed by atoms with Gasteiger partial charge in [-0.25, -0.2) is 4.39 Å². The molecule has 0 aliphatic carbocycles. The largest absolute Gasteiger partial charge is 0.304 e. The van der Waals surface area contributed by atoms with Crippen molar-refractivity contribution in [1.82, 2.24) is 9.80 Å². The quantitative estimate of drug-likeness (QED) is 0.479. The van der Waals surface area contributed by atoms with Crippen LogP contribution in [0.15, 0.2) is 84.9 Å². The summed E-state index contributed by atoms with van der Waals surface area (Å²) >= 11 is 0. The minimum absolute atomic E-state index is 0.301. The van der Waals surface area contributed by atoms with Gasteiger partial charge in [-0.05, 0) is 37.4 Å². The molecule has 2 saturated heterocycles. The lowest BCUT2D eigenvalue weighted by atomic mass is 10.2. The van der Waals surface area contributed by atoms with Crippen LogP contribution >= 0.6 is 7.44 Å². The Morgan fingerprint density at radius 2 is 1.18 bits per heavy atom. The molecule has 172 valence electrons. The maximum absolute atomic E-state index is 15.5. The van der Waals surface area contributed by atoms with Crippen LogP contribution in [0.3, 0.4) is 0 Å². The van der Waals surface area contributed by atoms with Gasteiger partial charge in [-0.3, -0.25) is 9.46 Å². The summed E-state index contributed by atoms with van der Waals surface area (Å²) in [5, 5.41) is 0. The minimum atomic E-state index is -3.35. The van der Waals surface area contributed by atoms with E-state index in [2.05, 4.69) is 16.8 Å². The lowest BCUT2D eigenvalue weighted by molar-refractivity contribution is 0.138. The minimum Gasteiger partial charge on any atom is -0.304 e. The first kappa shape index (κ1) is 22.1. The van der Waals surface area contributed by atoms with Crippen molar-refractivity contribution in [2.24, 2.45) is 0 Å². The summed E-state index contributed by atoms with van der Waals surface area (Å²) < 4.78 is 35.0. The summed E-state index contributed by atoms with van der Waals surface area (Å²) in [6.45, 7) is 4.45. The molecule has 3 aromatic carbocycles. The molecule has 5 rings (SSSR count). The summed E-state index contributed by atoms with van der Waals surface area (Å²) in [4.78, 5) is 4.50. The topological polar surface area (TPSA) is 30.0 Å². The predicted octanol–water partition coefficient (Wildman–Crippen LogP) is 5.29. The van der Waals surface area contributed by atoms with Gasteiger partial charge in [0.2, 0.25) is 0 Å². The molecule has 5 nitrogen and oxygen atoms in total. The Hall–Kier alpha value is -2.66. The number of hydrogen-bond acceptors (Lipinski definition) is 3. The zero-order valence-corrected chi connectivity index (χ0v) is 19.8. The molecule has 2 aliphatic heterocycles. The highest BCUT2D eigenvalue weighted by molar-refractivity contribution is 7.67. The number of benzene rings is 3. The van der Waals surface area contributed by atoms with Crippen molar-refractivity contribution < 1.29 is 8.96 Å². The van der Waals surface area contributed by atoms with E-state index in [-0.39, 0.29) is 5.82 Å². The van der Waals surface area contributed by atoms with E-state index in [1.54, 1.807) is 6.07 Å². The van der Waals surface area contributed by atoms with Gasteiger partial charge in [-0.1, -0.05) is 54.6 Å².